The number of nitrogen functional groups attached to an aromatic ring is 1. The van der Waals surface area contributed by atoms with Crippen LogP contribution in [0.4, 0.5) is 11.8 Å². The van der Waals surface area contributed by atoms with Crippen molar-refractivity contribution < 1.29 is 9.26 Å². The number of nitrogens with two attached hydrogens (primary N) is 1. The quantitative estimate of drug-likeness (QED) is 0.602. The van der Waals surface area contributed by atoms with E-state index in [1.165, 1.54) is 6.20 Å². The zero-order valence-electron chi connectivity index (χ0n) is 14.0. The number of anilines is 2. The molecule has 0 aliphatic carbocycles. The molecule has 0 aliphatic rings. The molecular formula is C17H20N6O2. The summed E-state index contributed by atoms with van der Waals surface area (Å²) in [6.45, 7) is 3.02. The number of aromatic nitrogens is 4. The largest absolute Gasteiger partial charge is 0.478 e. The van der Waals surface area contributed by atoms with Crippen molar-refractivity contribution in [2.75, 3.05) is 17.6 Å². The first-order chi connectivity index (χ1) is 12.3. The van der Waals surface area contributed by atoms with Crippen LogP contribution in [0.3, 0.4) is 0 Å². The first-order valence-electron chi connectivity index (χ1n) is 8.13. The monoisotopic (exact) mass is 340 g/mol. The van der Waals surface area contributed by atoms with E-state index in [-0.39, 0.29) is 12.6 Å². The van der Waals surface area contributed by atoms with Crippen molar-refractivity contribution in [1.29, 1.82) is 0 Å². The number of rotatable bonds is 8. The molecule has 0 bridgehead atoms. The molecule has 130 valence electrons. The van der Waals surface area contributed by atoms with Gasteiger partial charge in [0.15, 0.2) is 18.2 Å². The molecule has 25 heavy (non-hydrogen) atoms. The van der Waals surface area contributed by atoms with Crippen LogP contribution >= 0.6 is 0 Å². The summed E-state index contributed by atoms with van der Waals surface area (Å²) < 4.78 is 10.9. The average molecular weight is 340 g/mol. The minimum absolute atomic E-state index is 0.121. The van der Waals surface area contributed by atoms with Crippen LogP contribution in [0.25, 0.3) is 11.4 Å². The Morgan fingerprint density at radius 1 is 1.20 bits per heavy atom. The first-order valence-corrected chi connectivity index (χ1v) is 8.13. The maximum Gasteiger partial charge on any atom is 0.264 e. The van der Waals surface area contributed by atoms with E-state index in [4.69, 9.17) is 15.0 Å². The molecule has 8 heteroatoms. The van der Waals surface area contributed by atoms with Crippen LogP contribution in [-0.2, 0) is 6.61 Å². The number of benzene rings is 1. The number of unbranched alkanes of at least 4 members (excludes halogenated alkanes) is 1. The van der Waals surface area contributed by atoms with Gasteiger partial charge >= 0.3 is 0 Å². The molecule has 3 aromatic rings. The third-order valence-electron chi connectivity index (χ3n) is 3.45. The second-order valence-corrected chi connectivity index (χ2v) is 5.39. The number of hydrogen-bond acceptors (Lipinski definition) is 8. The maximum absolute atomic E-state index is 5.72. The summed E-state index contributed by atoms with van der Waals surface area (Å²) in [6, 6.07) is 9.60. The summed E-state index contributed by atoms with van der Waals surface area (Å²) >= 11 is 0. The van der Waals surface area contributed by atoms with Gasteiger partial charge in [-0.25, -0.2) is 4.98 Å². The van der Waals surface area contributed by atoms with Crippen molar-refractivity contribution >= 4 is 11.8 Å². The van der Waals surface area contributed by atoms with E-state index in [2.05, 4.69) is 32.3 Å². The molecule has 0 spiro atoms. The van der Waals surface area contributed by atoms with Gasteiger partial charge in [0.1, 0.15) is 0 Å². The van der Waals surface area contributed by atoms with Gasteiger partial charge in [0.2, 0.25) is 11.8 Å². The molecule has 0 atom stereocenters. The van der Waals surface area contributed by atoms with Gasteiger partial charge in [0, 0.05) is 12.1 Å². The molecule has 0 saturated carbocycles. The number of hydrogen-bond donors (Lipinski definition) is 2. The predicted molar refractivity (Wildman–Crippen MR) is 93.9 cm³/mol. The summed E-state index contributed by atoms with van der Waals surface area (Å²) in [5.74, 6) is 2.13. The lowest BCUT2D eigenvalue weighted by Crippen LogP contribution is -2.08. The molecule has 8 nitrogen and oxygen atoms in total. The van der Waals surface area contributed by atoms with Crippen molar-refractivity contribution in [3.63, 3.8) is 0 Å². The van der Waals surface area contributed by atoms with E-state index in [9.17, 15) is 0 Å². The summed E-state index contributed by atoms with van der Waals surface area (Å²) in [5.41, 5.74) is 6.53. The molecule has 0 amide bonds. The van der Waals surface area contributed by atoms with Gasteiger partial charge in [-0.15, -0.1) is 0 Å². The SMILES string of the molecule is CCCCNc1nc(N)ncc1OCc1nc(-c2ccccc2)no1. The summed E-state index contributed by atoms with van der Waals surface area (Å²) in [5, 5.41) is 7.16. The number of nitrogens with zero attached hydrogens (tertiary/aromatic N) is 4. The Kier molecular flexibility index (Phi) is 5.40. The topological polar surface area (TPSA) is 112 Å². The van der Waals surface area contributed by atoms with Gasteiger partial charge in [-0.1, -0.05) is 48.8 Å². The fourth-order valence-corrected chi connectivity index (χ4v) is 2.16. The van der Waals surface area contributed by atoms with Crippen molar-refractivity contribution in [1.82, 2.24) is 20.1 Å². The van der Waals surface area contributed by atoms with Gasteiger partial charge in [-0.05, 0) is 6.42 Å². The second-order valence-electron chi connectivity index (χ2n) is 5.39. The molecule has 0 aliphatic heterocycles. The molecule has 0 radical (unpaired) electrons. The molecule has 3 N–H and O–H groups in total. The number of ether oxygens (including phenoxy) is 1. The minimum Gasteiger partial charge on any atom is -0.478 e. The Hall–Kier alpha value is -3.16. The van der Waals surface area contributed by atoms with Crippen LogP contribution in [0.5, 0.6) is 5.75 Å². The van der Waals surface area contributed by atoms with Crippen LogP contribution in [0, 0.1) is 0 Å². The van der Waals surface area contributed by atoms with Gasteiger partial charge in [0.25, 0.3) is 5.89 Å². The predicted octanol–water partition coefficient (Wildman–Crippen LogP) is 2.90. The van der Waals surface area contributed by atoms with Crippen LogP contribution in [0.15, 0.2) is 41.1 Å². The van der Waals surface area contributed by atoms with E-state index in [0.29, 0.717) is 23.3 Å². The molecule has 1 aromatic carbocycles. The van der Waals surface area contributed by atoms with Crippen molar-refractivity contribution in [2.24, 2.45) is 0 Å². The van der Waals surface area contributed by atoms with Gasteiger partial charge in [-0.3, -0.25) is 0 Å². The fourth-order valence-electron chi connectivity index (χ4n) is 2.16. The molecule has 2 aromatic heterocycles. The van der Waals surface area contributed by atoms with Crippen LogP contribution < -0.4 is 15.8 Å². The first kappa shape index (κ1) is 16.7. The van der Waals surface area contributed by atoms with Crippen molar-refractivity contribution in [2.45, 2.75) is 26.4 Å². The fraction of sp³-hybridized carbons (Fsp3) is 0.294. The second kappa shape index (κ2) is 8.09. The van der Waals surface area contributed by atoms with E-state index in [1.54, 1.807) is 0 Å². The summed E-state index contributed by atoms with van der Waals surface area (Å²) in [6.07, 6.45) is 3.63. The zero-order chi connectivity index (χ0) is 17.5. The Labute approximate surface area is 145 Å². The van der Waals surface area contributed by atoms with E-state index >= 15 is 0 Å². The van der Waals surface area contributed by atoms with Gasteiger partial charge in [-0.2, -0.15) is 9.97 Å². The normalized spacial score (nSPS) is 10.6. The lowest BCUT2D eigenvalue weighted by molar-refractivity contribution is 0.242. The average Bonchev–Trinajstić information content (AvgIpc) is 3.11. The third kappa shape index (κ3) is 4.43. The molecule has 0 fully saturated rings. The highest BCUT2D eigenvalue weighted by Crippen LogP contribution is 2.23. The lowest BCUT2D eigenvalue weighted by atomic mass is 10.2. The highest BCUT2D eigenvalue weighted by atomic mass is 16.5. The molecule has 2 heterocycles. The third-order valence-corrected chi connectivity index (χ3v) is 3.45. The summed E-state index contributed by atoms with van der Waals surface area (Å²) in [4.78, 5) is 12.5. The maximum atomic E-state index is 5.72. The highest BCUT2D eigenvalue weighted by Gasteiger charge is 2.12. The molecule has 0 unspecified atom stereocenters. The minimum atomic E-state index is 0.121. The number of nitrogens with one attached hydrogen (secondary N) is 1. The van der Waals surface area contributed by atoms with E-state index in [1.807, 2.05) is 30.3 Å². The smallest absolute Gasteiger partial charge is 0.264 e. The van der Waals surface area contributed by atoms with Crippen molar-refractivity contribution in [3.05, 3.63) is 42.4 Å². The van der Waals surface area contributed by atoms with E-state index in [0.717, 1.165) is 24.9 Å². The van der Waals surface area contributed by atoms with Gasteiger partial charge in [0.05, 0.1) is 6.20 Å². The van der Waals surface area contributed by atoms with E-state index < -0.39 is 0 Å². The molecular weight excluding hydrogens is 320 g/mol. The Balaban J connectivity index is 1.66. The molecule has 3 rings (SSSR count). The Bertz CT molecular complexity index is 806. The van der Waals surface area contributed by atoms with Crippen LogP contribution in [-0.4, -0.2) is 26.7 Å². The standard InChI is InChI=1S/C17H20N6O2/c1-2-3-9-19-16-13(10-20-17(18)22-16)24-11-14-21-15(23-25-14)12-7-5-4-6-8-12/h4-8,10H,2-3,9,11H2,1H3,(H3,18,19,20,22). The summed E-state index contributed by atoms with van der Waals surface area (Å²) in [7, 11) is 0. The van der Waals surface area contributed by atoms with Gasteiger partial charge < -0.3 is 20.3 Å². The van der Waals surface area contributed by atoms with Crippen LogP contribution in [0.1, 0.15) is 25.7 Å². The highest BCUT2D eigenvalue weighted by molar-refractivity contribution is 5.53. The van der Waals surface area contributed by atoms with Crippen molar-refractivity contribution in [3.8, 4) is 17.1 Å². The van der Waals surface area contributed by atoms with Crippen LogP contribution in [0.2, 0.25) is 0 Å². The zero-order valence-corrected chi connectivity index (χ0v) is 14.0. The Morgan fingerprint density at radius 3 is 2.84 bits per heavy atom. The Morgan fingerprint density at radius 2 is 2.04 bits per heavy atom. The lowest BCUT2D eigenvalue weighted by Gasteiger charge is -2.10. The molecule has 0 saturated heterocycles.